The zero-order chi connectivity index (χ0) is 62.3. The first-order valence-electron chi connectivity index (χ1n) is 31.8. The first-order chi connectivity index (χ1) is 38.9. The fourth-order valence-corrected chi connectivity index (χ4v) is 31.7. The van der Waals surface area contributed by atoms with Gasteiger partial charge in [-0.1, -0.05) is 199 Å². The topological polar surface area (TPSA) is 103 Å². The van der Waals surface area contributed by atoms with Gasteiger partial charge in [-0.3, -0.25) is 0 Å². The molecule has 0 bridgehead atoms. The molecule has 10 atom stereocenters. The lowest BCUT2D eigenvalue weighted by molar-refractivity contribution is -0.248. The van der Waals surface area contributed by atoms with Crippen LogP contribution in [0, 0.1) is 11.8 Å². The molecule has 1 N–H and O–H groups in total. The Kier molecular flexibility index (Phi) is 29.1. The fourth-order valence-electron chi connectivity index (χ4n) is 15.1. The van der Waals surface area contributed by atoms with Crippen molar-refractivity contribution in [3.05, 3.63) is 107 Å². The highest BCUT2D eigenvalue weighted by Gasteiger charge is 2.53. The molecule has 83 heavy (non-hydrogen) atoms. The number of rotatable bonds is 35. The van der Waals surface area contributed by atoms with Crippen molar-refractivity contribution in [2.24, 2.45) is 11.8 Å². The molecule has 0 radical (unpaired) electrons. The lowest BCUT2D eigenvalue weighted by Gasteiger charge is -2.49. The van der Waals surface area contributed by atoms with Crippen molar-refractivity contribution in [1.82, 2.24) is 0 Å². The molecule has 2 aliphatic rings. The molecule has 14 heteroatoms. The Morgan fingerprint density at radius 2 is 1.07 bits per heavy atom. The predicted molar refractivity (Wildman–Crippen MR) is 354 cm³/mol. The number of hydrogen-bond acceptors (Lipinski definition) is 10. The molecule has 0 unspecified atom stereocenters. The van der Waals surface area contributed by atoms with Crippen LogP contribution >= 0.6 is 11.6 Å². The number of aliphatic hydroxyl groups excluding tert-OH is 1. The Labute approximate surface area is 514 Å². The number of aliphatic hydroxyl groups is 1. The SMILES string of the molecule is C=C(Cl)/C=C/[C@H](CC(=C)C[C@H]1O[C@@H]([C@H](O)C2=C[C@H](O[Si](C(C)C)(C(C)C)C(C)C)[C@@H](C)[C@@H](CCCCO[Si](C(C)C)(C(C)C)C(C)C)O2)[C@H](C)[C@@H](OCc2ccc(OC)cc2)[C@@H]1OCc1ccc(OC)cc1)O[Si](C(C)C)(C(C)C)C(C)C. The van der Waals surface area contributed by atoms with E-state index in [9.17, 15) is 5.11 Å². The van der Waals surface area contributed by atoms with E-state index in [1.165, 1.54) is 0 Å². The van der Waals surface area contributed by atoms with Gasteiger partial charge in [0, 0.05) is 23.5 Å². The van der Waals surface area contributed by atoms with Crippen LogP contribution in [-0.2, 0) is 45.4 Å². The van der Waals surface area contributed by atoms with Crippen LogP contribution in [0.15, 0.2) is 96.3 Å². The van der Waals surface area contributed by atoms with Crippen molar-refractivity contribution in [2.45, 2.75) is 282 Å². The lowest BCUT2D eigenvalue weighted by Crippen LogP contribution is -2.59. The van der Waals surface area contributed by atoms with E-state index >= 15 is 0 Å². The van der Waals surface area contributed by atoms with E-state index in [1.807, 2.05) is 60.7 Å². The van der Waals surface area contributed by atoms with E-state index in [0.717, 1.165) is 54.1 Å². The number of methoxy groups -OCH3 is 2. The van der Waals surface area contributed by atoms with Crippen LogP contribution in [0.5, 0.6) is 11.5 Å². The average molecular weight is 1230 g/mol. The van der Waals surface area contributed by atoms with Gasteiger partial charge < -0.3 is 46.8 Å². The molecule has 0 amide bonds. The Bertz CT molecular complexity index is 2250. The maximum atomic E-state index is 13.3. The first kappa shape index (κ1) is 72.9. The average Bonchev–Trinajstić information content (AvgIpc) is 2.68. The largest absolute Gasteiger partial charge is 0.497 e. The van der Waals surface area contributed by atoms with Gasteiger partial charge in [0.15, 0.2) is 8.32 Å². The summed E-state index contributed by atoms with van der Waals surface area (Å²) >= 11 is 6.44. The van der Waals surface area contributed by atoms with E-state index < -0.39 is 55.5 Å². The molecule has 2 aromatic rings. The molecular formula is C69H117ClO10Si3. The summed E-state index contributed by atoms with van der Waals surface area (Å²) in [6.45, 7) is 56.4. The summed E-state index contributed by atoms with van der Waals surface area (Å²) in [5.74, 6) is 1.69. The highest BCUT2D eigenvalue weighted by molar-refractivity contribution is 6.78. The highest BCUT2D eigenvalue weighted by atomic mass is 35.5. The quantitative estimate of drug-likeness (QED) is 0.0311. The van der Waals surface area contributed by atoms with E-state index in [1.54, 1.807) is 14.2 Å². The molecule has 2 aromatic carbocycles. The Balaban J connectivity index is 1.86. The Hall–Kier alpha value is -2.54. The van der Waals surface area contributed by atoms with Gasteiger partial charge >= 0.3 is 0 Å². The van der Waals surface area contributed by atoms with Gasteiger partial charge in [0.1, 0.15) is 35.6 Å². The minimum absolute atomic E-state index is 0.0339. The summed E-state index contributed by atoms with van der Waals surface area (Å²) in [6.07, 6.45) is 5.15. The van der Waals surface area contributed by atoms with E-state index in [2.05, 4.69) is 151 Å². The fraction of sp³-hybridized carbons (Fsp3) is 0.710. The van der Waals surface area contributed by atoms with E-state index in [4.69, 9.17) is 59.9 Å². The van der Waals surface area contributed by atoms with Crippen molar-refractivity contribution in [3.8, 4) is 11.5 Å². The molecule has 0 spiro atoms. The molecule has 1 fully saturated rings. The second-order valence-corrected chi connectivity index (χ2v) is 44.0. The Morgan fingerprint density at radius 1 is 0.614 bits per heavy atom. The zero-order valence-corrected chi connectivity index (χ0v) is 59.6. The highest BCUT2D eigenvalue weighted by Crippen LogP contribution is 2.48. The van der Waals surface area contributed by atoms with Gasteiger partial charge in [0.05, 0.1) is 58.0 Å². The Morgan fingerprint density at radius 3 is 1.51 bits per heavy atom. The number of ether oxygens (including phenoxy) is 6. The van der Waals surface area contributed by atoms with Crippen molar-refractivity contribution >= 4 is 36.6 Å². The van der Waals surface area contributed by atoms with Gasteiger partial charge in [-0.05, 0) is 130 Å². The minimum Gasteiger partial charge on any atom is -0.497 e. The smallest absolute Gasteiger partial charge is 0.201 e. The zero-order valence-electron chi connectivity index (χ0n) is 55.9. The maximum Gasteiger partial charge on any atom is 0.201 e. The van der Waals surface area contributed by atoms with Gasteiger partial charge in [-0.15, -0.1) is 0 Å². The molecular weight excluding hydrogens is 1110 g/mol. The number of benzene rings is 2. The molecule has 0 saturated carbocycles. The molecule has 0 aliphatic carbocycles. The van der Waals surface area contributed by atoms with Crippen LogP contribution in [0.4, 0.5) is 0 Å². The summed E-state index contributed by atoms with van der Waals surface area (Å²) < 4.78 is 62.2. The third-order valence-corrected chi connectivity index (χ3v) is 37.6. The van der Waals surface area contributed by atoms with Crippen molar-refractivity contribution in [2.75, 3.05) is 20.8 Å². The number of halogens is 1. The van der Waals surface area contributed by atoms with Crippen LogP contribution in [0.1, 0.15) is 182 Å². The van der Waals surface area contributed by atoms with Gasteiger partial charge in [0.25, 0.3) is 0 Å². The molecule has 2 heterocycles. The third-order valence-electron chi connectivity index (χ3n) is 19.1. The standard InChI is InChI=1S/C69H117ClO10Si3/c1-44(2)81(45(3)4,46(5)6)76-38-26-25-27-62-55(21)63(80-83(50(13)14,51(15)16)52(17)18)41-64(77-62)66(71)67-56(22)68(74-42-57-29-34-59(72-23)35-30-57)69(75-43-58-31-36-60(73-24)37-32-58)65(78-67)40-53(19)39-61(33-28-54(20)70)79-82(47(7)8,48(9)10)49(11)12/h28-37,41,44-52,55-56,61-63,65-69,71H,19-20,25-27,38-40,42-43H2,1-18,21-24H3/b33-28+/t55-,56-,61+,62+,63-,65+,66+,67+,68+,69+/m0/s1. The first-order valence-corrected chi connectivity index (χ1v) is 38.6. The van der Waals surface area contributed by atoms with Crippen LogP contribution in [0.25, 0.3) is 0 Å². The van der Waals surface area contributed by atoms with Crippen LogP contribution in [-0.4, -0.2) is 99.7 Å². The van der Waals surface area contributed by atoms with Crippen LogP contribution in [0.3, 0.4) is 0 Å². The predicted octanol–water partition coefficient (Wildman–Crippen LogP) is 19.0. The molecule has 472 valence electrons. The summed E-state index contributed by atoms with van der Waals surface area (Å²) in [5.41, 5.74) is 6.62. The summed E-state index contributed by atoms with van der Waals surface area (Å²) in [6, 6.07) is 15.9. The molecule has 1 saturated heterocycles. The molecule has 4 rings (SSSR count). The van der Waals surface area contributed by atoms with Gasteiger partial charge in [0.2, 0.25) is 16.6 Å². The van der Waals surface area contributed by atoms with Gasteiger partial charge in [-0.25, -0.2) is 0 Å². The lowest BCUT2D eigenvalue weighted by atomic mass is 9.82. The summed E-state index contributed by atoms with van der Waals surface area (Å²) in [4.78, 5) is 0. The normalized spacial score (nSPS) is 22.9. The van der Waals surface area contributed by atoms with Gasteiger partial charge in [-0.2, -0.15) is 0 Å². The summed E-state index contributed by atoms with van der Waals surface area (Å²) in [5, 5.41) is 13.7. The molecule has 2 aliphatic heterocycles. The van der Waals surface area contributed by atoms with E-state index in [0.29, 0.717) is 86.7 Å². The third kappa shape index (κ3) is 18.3. The van der Waals surface area contributed by atoms with E-state index in [-0.39, 0.29) is 30.1 Å². The van der Waals surface area contributed by atoms with Crippen molar-refractivity contribution in [3.63, 3.8) is 0 Å². The minimum atomic E-state index is -2.42. The van der Waals surface area contributed by atoms with Crippen molar-refractivity contribution in [1.29, 1.82) is 0 Å². The number of unbranched alkanes of at least 4 members (excludes halogenated alkanes) is 1. The second kappa shape index (κ2) is 33.2. The summed E-state index contributed by atoms with van der Waals surface area (Å²) in [7, 11) is -3.48. The van der Waals surface area contributed by atoms with Crippen LogP contribution < -0.4 is 9.47 Å². The van der Waals surface area contributed by atoms with Crippen LogP contribution in [0.2, 0.25) is 49.9 Å². The maximum absolute atomic E-state index is 13.3. The monoisotopic (exact) mass is 1220 g/mol. The molecule has 10 nitrogen and oxygen atoms in total. The number of hydrogen-bond donors (Lipinski definition) is 1. The van der Waals surface area contributed by atoms with Crippen molar-refractivity contribution < 1.29 is 46.8 Å². The second-order valence-electron chi connectivity index (χ2n) is 27.3. The molecule has 0 aromatic heterocycles. The number of allylic oxidation sites excluding steroid dienone is 2.